The van der Waals surface area contributed by atoms with Crippen molar-refractivity contribution in [2.75, 3.05) is 6.61 Å². The molecule has 1 aliphatic carbocycles. The van der Waals surface area contributed by atoms with E-state index in [9.17, 15) is 0 Å². The summed E-state index contributed by atoms with van der Waals surface area (Å²) in [6.07, 6.45) is 2.19. The van der Waals surface area contributed by atoms with Crippen LogP contribution in [-0.4, -0.2) is 22.2 Å². The molecule has 7 rings (SSSR count). The number of hydrogen-bond acceptors (Lipinski definition) is 4. The van der Waals surface area contributed by atoms with Crippen molar-refractivity contribution in [3.63, 3.8) is 0 Å². The highest BCUT2D eigenvalue weighted by molar-refractivity contribution is 8.22. The monoisotopic (exact) mass is 424 g/mol. The van der Waals surface area contributed by atoms with Crippen LogP contribution in [0.4, 0.5) is 0 Å². The van der Waals surface area contributed by atoms with Gasteiger partial charge in [0, 0.05) is 27.6 Å². The molecule has 3 aromatic carbocycles. The SMILES string of the molecule is CC1(C)C2COc3ccc4ccccc4c3C2N=C2SC3=C(CCc4ccccc43)N21. The minimum absolute atomic E-state index is 0.0627. The van der Waals surface area contributed by atoms with E-state index >= 15 is 0 Å². The van der Waals surface area contributed by atoms with Crippen LogP contribution in [0.5, 0.6) is 5.75 Å². The molecule has 0 aromatic heterocycles. The van der Waals surface area contributed by atoms with Gasteiger partial charge in [-0.3, -0.25) is 4.99 Å². The number of hydrogen-bond donors (Lipinski definition) is 0. The van der Waals surface area contributed by atoms with E-state index in [1.807, 2.05) is 11.8 Å². The molecule has 3 aliphatic heterocycles. The average molecular weight is 425 g/mol. The summed E-state index contributed by atoms with van der Waals surface area (Å²) in [6.45, 7) is 5.48. The highest BCUT2D eigenvalue weighted by atomic mass is 32.2. The first-order valence-electron chi connectivity index (χ1n) is 11.1. The van der Waals surface area contributed by atoms with Crippen molar-refractivity contribution < 1.29 is 4.74 Å². The van der Waals surface area contributed by atoms with Crippen molar-refractivity contribution in [2.24, 2.45) is 10.9 Å². The molecule has 3 nitrogen and oxygen atoms in total. The van der Waals surface area contributed by atoms with Gasteiger partial charge in [0.25, 0.3) is 0 Å². The molecule has 0 saturated carbocycles. The van der Waals surface area contributed by atoms with Crippen LogP contribution in [-0.2, 0) is 6.42 Å². The molecule has 0 saturated heterocycles. The first-order valence-corrected chi connectivity index (χ1v) is 12.0. The fourth-order valence-electron chi connectivity index (χ4n) is 5.95. The van der Waals surface area contributed by atoms with Crippen LogP contribution in [0.2, 0.25) is 0 Å². The number of allylic oxidation sites excluding steroid dienone is 1. The van der Waals surface area contributed by atoms with Crippen LogP contribution < -0.4 is 4.74 Å². The average Bonchev–Trinajstić information content (AvgIpc) is 3.18. The molecule has 3 aromatic rings. The van der Waals surface area contributed by atoms with Gasteiger partial charge in [-0.1, -0.05) is 54.6 Å². The Morgan fingerprint density at radius 3 is 2.77 bits per heavy atom. The zero-order valence-corrected chi connectivity index (χ0v) is 18.6. The molecule has 2 atom stereocenters. The number of amidine groups is 1. The normalized spacial score (nSPS) is 25.1. The number of thioether (sulfide) groups is 1. The molecule has 0 fully saturated rings. The van der Waals surface area contributed by atoms with Gasteiger partial charge in [-0.15, -0.1) is 0 Å². The lowest BCUT2D eigenvalue weighted by Crippen LogP contribution is -2.57. The number of ether oxygens (including phenoxy) is 1. The predicted molar refractivity (Wildman–Crippen MR) is 128 cm³/mol. The van der Waals surface area contributed by atoms with E-state index in [0.29, 0.717) is 12.5 Å². The van der Waals surface area contributed by atoms with Crippen molar-refractivity contribution in [1.82, 2.24) is 4.90 Å². The smallest absolute Gasteiger partial charge is 0.169 e. The molecule has 0 N–H and O–H groups in total. The van der Waals surface area contributed by atoms with Crippen LogP contribution in [0.3, 0.4) is 0 Å². The molecule has 0 radical (unpaired) electrons. The van der Waals surface area contributed by atoms with Crippen LogP contribution in [0.1, 0.15) is 43.0 Å². The van der Waals surface area contributed by atoms with Gasteiger partial charge in [-0.25, -0.2) is 0 Å². The highest BCUT2D eigenvalue weighted by Crippen LogP contribution is 2.57. The molecule has 0 bridgehead atoms. The highest BCUT2D eigenvalue weighted by Gasteiger charge is 2.53. The molecule has 154 valence electrons. The summed E-state index contributed by atoms with van der Waals surface area (Å²) in [5.41, 5.74) is 5.51. The number of rotatable bonds is 0. The Hall–Kier alpha value is -2.72. The van der Waals surface area contributed by atoms with E-state index in [1.165, 1.54) is 38.1 Å². The van der Waals surface area contributed by atoms with Crippen molar-refractivity contribution in [3.05, 3.63) is 83.1 Å². The summed E-state index contributed by atoms with van der Waals surface area (Å²) in [7, 11) is 0. The first kappa shape index (κ1) is 17.9. The van der Waals surface area contributed by atoms with Crippen LogP contribution >= 0.6 is 11.8 Å². The molecule has 0 amide bonds. The number of aryl methyl sites for hydroxylation is 1. The maximum atomic E-state index is 6.36. The van der Waals surface area contributed by atoms with Crippen molar-refractivity contribution in [3.8, 4) is 5.75 Å². The summed E-state index contributed by atoms with van der Waals surface area (Å²) in [4.78, 5) is 9.39. The quantitative estimate of drug-likeness (QED) is 0.417. The zero-order chi connectivity index (χ0) is 20.7. The summed E-state index contributed by atoms with van der Waals surface area (Å²) in [5, 5.41) is 3.69. The largest absolute Gasteiger partial charge is 0.493 e. The Morgan fingerprint density at radius 1 is 1.00 bits per heavy atom. The van der Waals surface area contributed by atoms with Crippen LogP contribution in [0, 0.1) is 5.92 Å². The fraction of sp³-hybridized carbons (Fsp3) is 0.296. The number of nitrogens with zero attached hydrogens (tertiary/aromatic N) is 2. The zero-order valence-electron chi connectivity index (χ0n) is 17.8. The molecule has 31 heavy (non-hydrogen) atoms. The summed E-state index contributed by atoms with van der Waals surface area (Å²) in [6, 6.07) is 22.0. The Bertz CT molecular complexity index is 1320. The van der Waals surface area contributed by atoms with E-state index in [-0.39, 0.29) is 11.6 Å². The van der Waals surface area contributed by atoms with Gasteiger partial charge < -0.3 is 9.64 Å². The minimum Gasteiger partial charge on any atom is -0.493 e. The summed E-state index contributed by atoms with van der Waals surface area (Å²) >= 11 is 1.87. The lowest BCUT2D eigenvalue weighted by atomic mass is 9.74. The van der Waals surface area contributed by atoms with Gasteiger partial charge in [0.15, 0.2) is 5.17 Å². The number of fused-ring (bicyclic) bond motifs is 9. The second kappa shape index (κ2) is 6.17. The third-order valence-electron chi connectivity index (χ3n) is 7.57. The van der Waals surface area contributed by atoms with E-state index in [0.717, 1.165) is 23.8 Å². The summed E-state index contributed by atoms with van der Waals surface area (Å²) < 4.78 is 6.36. The Morgan fingerprint density at radius 2 is 1.84 bits per heavy atom. The second-order valence-corrected chi connectivity index (χ2v) is 10.5. The van der Waals surface area contributed by atoms with E-state index in [1.54, 1.807) is 0 Å². The van der Waals surface area contributed by atoms with Crippen molar-refractivity contribution >= 4 is 32.6 Å². The fourth-order valence-corrected chi connectivity index (χ4v) is 7.35. The molecular formula is C27H24N2OS. The summed E-state index contributed by atoms with van der Waals surface area (Å²) in [5.74, 6) is 1.30. The second-order valence-electron chi connectivity index (χ2n) is 9.50. The molecule has 3 heterocycles. The van der Waals surface area contributed by atoms with E-state index < -0.39 is 0 Å². The van der Waals surface area contributed by atoms with Crippen LogP contribution in [0.15, 0.2) is 71.4 Å². The molecular weight excluding hydrogens is 400 g/mol. The molecule has 4 heteroatoms. The third kappa shape index (κ3) is 2.34. The number of benzene rings is 3. The molecule has 0 spiro atoms. The predicted octanol–water partition coefficient (Wildman–Crippen LogP) is 6.40. The van der Waals surface area contributed by atoms with Crippen molar-refractivity contribution in [1.29, 1.82) is 0 Å². The standard InChI is InChI=1S/C27H24N2OS/c1-27(2)20-15-30-22-14-12-16-7-3-5-9-18(16)23(22)24(20)28-26-29(27)21-13-11-17-8-4-6-10-19(17)25(21)31-26/h3-10,12,14,20,24H,11,13,15H2,1-2H3. The van der Waals surface area contributed by atoms with E-state index in [2.05, 4.69) is 79.4 Å². The lowest BCUT2D eigenvalue weighted by molar-refractivity contribution is 0.0635. The van der Waals surface area contributed by atoms with Gasteiger partial charge in [-0.05, 0) is 66.4 Å². The van der Waals surface area contributed by atoms with E-state index in [4.69, 9.17) is 9.73 Å². The topological polar surface area (TPSA) is 24.8 Å². The maximum absolute atomic E-state index is 6.36. The molecule has 2 unspecified atom stereocenters. The minimum atomic E-state index is -0.0627. The molecule has 4 aliphatic rings. The maximum Gasteiger partial charge on any atom is 0.169 e. The van der Waals surface area contributed by atoms with Gasteiger partial charge in [0.2, 0.25) is 0 Å². The Balaban J connectivity index is 1.42. The Labute approximate surface area is 186 Å². The Kier molecular flexibility index (Phi) is 3.56. The van der Waals surface area contributed by atoms with Gasteiger partial charge in [0.1, 0.15) is 5.75 Å². The van der Waals surface area contributed by atoms with Gasteiger partial charge in [0.05, 0.1) is 12.6 Å². The van der Waals surface area contributed by atoms with Crippen molar-refractivity contribution in [2.45, 2.75) is 38.3 Å². The van der Waals surface area contributed by atoms with Gasteiger partial charge >= 0.3 is 0 Å². The van der Waals surface area contributed by atoms with Crippen LogP contribution in [0.25, 0.3) is 15.7 Å². The lowest BCUT2D eigenvalue weighted by Gasteiger charge is -2.51. The first-order chi connectivity index (χ1) is 15.1. The van der Waals surface area contributed by atoms with Gasteiger partial charge in [-0.2, -0.15) is 0 Å². The number of aliphatic imine (C=N–C) groups is 1. The third-order valence-corrected chi connectivity index (χ3v) is 8.70.